The van der Waals surface area contributed by atoms with Gasteiger partial charge in [-0.25, -0.2) is 4.79 Å². The Morgan fingerprint density at radius 1 is 1.15 bits per heavy atom. The van der Waals surface area contributed by atoms with Gasteiger partial charge in [-0.2, -0.15) is 0 Å². The molecule has 0 aliphatic carbocycles. The van der Waals surface area contributed by atoms with E-state index in [9.17, 15) is 4.79 Å². The molecule has 1 aliphatic heterocycles. The molecule has 0 unspecified atom stereocenters. The van der Waals surface area contributed by atoms with Gasteiger partial charge in [0.1, 0.15) is 5.75 Å². The highest BCUT2D eigenvalue weighted by molar-refractivity contribution is 5.89. The van der Waals surface area contributed by atoms with E-state index in [0.29, 0.717) is 6.61 Å². The zero-order valence-corrected chi connectivity index (χ0v) is 15.7. The first-order valence-electron chi connectivity index (χ1n) is 9.54. The van der Waals surface area contributed by atoms with Crippen LogP contribution < -0.4 is 10.1 Å². The average Bonchev–Trinajstić information content (AvgIpc) is 2.90. The largest absolute Gasteiger partial charge is 0.494 e. The number of nitrogens with one attached hydrogen (secondary N) is 1. The fourth-order valence-corrected chi connectivity index (χ4v) is 3.57. The van der Waals surface area contributed by atoms with Crippen LogP contribution in [0.2, 0.25) is 0 Å². The van der Waals surface area contributed by atoms with Crippen molar-refractivity contribution in [2.45, 2.75) is 45.6 Å². The smallest absolute Gasteiger partial charge is 0.322 e. The van der Waals surface area contributed by atoms with Gasteiger partial charge in [-0.05, 0) is 56.5 Å². The van der Waals surface area contributed by atoms with Crippen LogP contribution in [0.5, 0.6) is 5.75 Å². The lowest BCUT2D eigenvalue weighted by atomic mass is 9.99. The highest BCUT2D eigenvalue weighted by atomic mass is 16.5. The Balaban J connectivity index is 1.75. The minimum absolute atomic E-state index is 0.0254. The van der Waals surface area contributed by atoms with Gasteiger partial charge in [-0.15, -0.1) is 0 Å². The summed E-state index contributed by atoms with van der Waals surface area (Å²) >= 11 is 0. The molecule has 2 amide bonds. The lowest BCUT2D eigenvalue weighted by Crippen LogP contribution is -2.38. The summed E-state index contributed by atoms with van der Waals surface area (Å²) in [6.45, 7) is 5.49. The van der Waals surface area contributed by atoms with Crippen LogP contribution in [0.1, 0.15) is 49.8 Å². The van der Waals surface area contributed by atoms with Gasteiger partial charge in [-0.3, -0.25) is 0 Å². The van der Waals surface area contributed by atoms with E-state index in [-0.39, 0.29) is 12.1 Å². The lowest BCUT2D eigenvalue weighted by Gasteiger charge is -2.31. The van der Waals surface area contributed by atoms with Crippen molar-refractivity contribution in [2.75, 3.05) is 18.5 Å². The van der Waals surface area contributed by atoms with Gasteiger partial charge in [0.25, 0.3) is 0 Å². The van der Waals surface area contributed by atoms with E-state index >= 15 is 0 Å². The van der Waals surface area contributed by atoms with E-state index < -0.39 is 0 Å². The molecule has 1 N–H and O–H groups in total. The van der Waals surface area contributed by atoms with Gasteiger partial charge in [0.15, 0.2) is 0 Å². The minimum atomic E-state index is -0.0254. The number of carbonyl (C=O) groups is 1. The maximum absolute atomic E-state index is 13.0. The van der Waals surface area contributed by atoms with E-state index in [1.165, 1.54) is 17.5 Å². The third kappa shape index (κ3) is 4.57. The van der Waals surface area contributed by atoms with Crippen LogP contribution in [-0.2, 0) is 0 Å². The summed E-state index contributed by atoms with van der Waals surface area (Å²) in [7, 11) is 0. The molecule has 1 atom stereocenters. The Labute approximate surface area is 156 Å². The minimum Gasteiger partial charge on any atom is -0.494 e. The van der Waals surface area contributed by atoms with Gasteiger partial charge in [0.05, 0.1) is 12.6 Å². The van der Waals surface area contributed by atoms with Crippen LogP contribution in [0.3, 0.4) is 0 Å². The molecule has 0 aromatic heterocycles. The number of anilines is 1. The Bertz CT molecular complexity index is 727. The summed E-state index contributed by atoms with van der Waals surface area (Å²) < 4.78 is 5.46. The second kappa shape index (κ2) is 8.75. The first-order chi connectivity index (χ1) is 12.7. The number of nitrogens with zero attached hydrogens (tertiary/aromatic N) is 1. The number of amides is 2. The molecule has 1 saturated heterocycles. The van der Waals surface area contributed by atoms with Crippen molar-refractivity contribution in [1.29, 1.82) is 0 Å². The van der Waals surface area contributed by atoms with Crippen molar-refractivity contribution < 1.29 is 9.53 Å². The molecule has 1 aliphatic rings. The summed E-state index contributed by atoms with van der Waals surface area (Å²) in [5, 5.41) is 3.05. The first-order valence-corrected chi connectivity index (χ1v) is 9.54. The zero-order valence-electron chi connectivity index (χ0n) is 15.7. The van der Waals surface area contributed by atoms with Crippen LogP contribution in [0.4, 0.5) is 10.5 Å². The molecule has 1 fully saturated rings. The molecule has 26 heavy (non-hydrogen) atoms. The number of benzene rings is 2. The normalized spacial score (nSPS) is 17.5. The van der Waals surface area contributed by atoms with Crippen molar-refractivity contribution in [1.82, 2.24) is 4.90 Å². The number of rotatable bonds is 4. The lowest BCUT2D eigenvalue weighted by molar-refractivity contribution is 0.189. The van der Waals surface area contributed by atoms with Gasteiger partial charge in [0.2, 0.25) is 0 Å². The number of hydrogen-bond donors (Lipinski definition) is 1. The van der Waals surface area contributed by atoms with E-state index in [2.05, 4.69) is 36.5 Å². The third-order valence-electron chi connectivity index (χ3n) is 4.86. The molecule has 0 spiro atoms. The molecule has 2 aromatic rings. The van der Waals surface area contributed by atoms with Gasteiger partial charge < -0.3 is 15.0 Å². The molecule has 0 radical (unpaired) electrons. The van der Waals surface area contributed by atoms with E-state index in [0.717, 1.165) is 37.2 Å². The first kappa shape index (κ1) is 18.3. The Hall–Kier alpha value is -2.49. The van der Waals surface area contributed by atoms with Gasteiger partial charge >= 0.3 is 6.03 Å². The Morgan fingerprint density at radius 2 is 1.96 bits per heavy atom. The van der Waals surface area contributed by atoms with Crippen LogP contribution >= 0.6 is 0 Å². The van der Waals surface area contributed by atoms with Gasteiger partial charge in [0, 0.05) is 12.2 Å². The molecule has 4 nitrogen and oxygen atoms in total. The maximum Gasteiger partial charge on any atom is 0.322 e. The number of hydrogen-bond acceptors (Lipinski definition) is 2. The summed E-state index contributed by atoms with van der Waals surface area (Å²) in [5.74, 6) is 0.818. The monoisotopic (exact) mass is 352 g/mol. The van der Waals surface area contributed by atoms with Crippen LogP contribution in [0.25, 0.3) is 0 Å². The zero-order chi connectivity index (χ0) is 18.4. The summed E-state index contributed by atoms with van der Waals surface area (Å²) in [6, 6.07) is 16.2. The predicted molar refractivity (Wildman–Crippen MR) is 106 cm³/mol. The SMILES string of the molecule is CCOc1ccc(NC(=O)N2CCCCC[C@H]2c2cccc(C)c2)cc1. The van der Waals surface area contributed by atoms with Gasteiger partial charge in [-0.1, -0.05) is 42.7 Å². The fourth-order valence-electron chi connectivity index (χ4n) is 3.57. The van der Waals surface area contributed by atoms with E-state index in [4.69, 9.17) is 4.74 Å². The number of ether oxygens (including phenoxy) is 1. The molecule has 0 saturated carbocycles. The quantitative estimate of drug-likeness (QED) is 0.784. The van der Waals surface area contributed by atoms with E-state index in [1.807, 2.05) is 36.1 Å². The highest BCUT2D eigenvalue weighted by Gasteiger charge is 2.26. The van der Waals surface area contributed by atoms with Crippen LogP contribution in [0.15, 0.2) is 48.5 Å². The summed E-state index contributed by atoms with van der Waals surface area (Å²) in [4.78, 5) is 15.0. The second-order valence-electron chi connectivity index (χ2n) is 6.86. The van der Waals surface area contributed by atoms with Crippen LogP contribution in [-0.4, -0.2) is 24.1 Å². The summed E-state index contributed by atoms with van der Waals surface area (Å²) in [6.07, 6.45) is 4.40. The number of likely N-dealkylation sites (tertiary alicyclic amines) is 1. The fraction of sp³-hybridized carbons (Fsp3) is 0.409. The molecule has 3 rings (SSSR count). The molecule has 1 heterocycles. The molecular weight excluding hydrogens is 324 g/mol. The van der Waals surface area contributed by atoms with Crippen molar-refractivity contribution in [2.24, 2.45) is 0 Å². The van der Waals surface area contributed by atoms with Crippen molar-refractivity contribution in [3.05, 3.63) is 59.7 Å². The number of urea groups is 1. The van der Waals surface area contributed by atoms with Crippen LogP contribution in [0, 0.1) is 6.92 Å². The third-order valence-corrected chi connectivity index (χ3v) is 4.86. The molecule has 0 bridgehead atoms. The van der Waals surface area contributed by atoms with Crippen molar-refractivity contribution in [3.8, 4) is 5.75 Å². The molecule has 2 aromatic carbocycles. The van der Waals surface area contributed by atoms with E-state index in [1.54, 1.807) is 0 Å². The van der Waals surface area contributed by atoms with Crippen molar-refractivity contribution in [3.63, 3.8) is 0 Å². The maximum atomic E-state index is 13.0. The average molecular weight is 352 g/mol. The molecule has 138 valence electrons. The topological polar surface area (TPSA) is 41.6 Å². The second-order valence-corrected chi connectivity index (χ2v) is 6.86. The summed E-state index contributed by atoms with van der Waals surface area (Å²) in [5.41, 5.74) is 3.26. The molecular formula is C22H28N2O2. The van der Waals surface area contributed by atoms with Crippen molar-refractivity contribution >= 4 is 11.7 Å². The number of aryl methyl sites for hydroxylation is 1. The highest BCUT2D eigenvalue weighted by Crippen LogP contribution is 2.31. The Kier molecular flexibility index (Phi) is 6.16. The Morgan fingerprint density at radius 3 is 2.69 bits per heavy atom. The standard InChI is InChI=1S/C22H28N2O2/c1-3-26-20-13-11-19(12-14-20)23-22(25)24-15-6-4-5-10-21(24)18-9-7-8-17(2)16-18/h7-9,11-14,16,21H,3-6,10,15H2,1-2H3,(H,23,25)/t21-/m0/s1. The predicted octanol–water partition coefficient (Wildman–Crippen LogP) is 5.54. The number of carbonyl (C=O) groups excluding carboxylic acids is 1. The molecule has 4 heteroatoms.